The van der Waals surface area contributed by atoms with E-state index in [4.69, 9.17) is 14.2 Å². The van der Waals surface area contributed by atoms with E-state index in [-0.39, 0.29) is 12.0 Å². The minimum absolute atomic E-state index is 0.178. The van der Waals surface area contributed by atoms with Crippen molar-refractivity contribution in [1.29, 1.82) is 0 Å². The molecule has 1 atom stereocenters. The Bertz CT molecular complexity index is 940. The molecule has 26 heavy (non-hydrogen) atoms. The van der Waals surface area contributed by atoms with E-state index >= 15 is 0 Å². The molecule has 1 fully saturated rings. The first kappa shape index (κ1) is 16.5. The quantitative estimate of drug-likeness (QED) is 0.701. The first-order chi connectivity index (χ1) is 12.7. The van der Waals surface area contributed by atoms with E-state index in [9.17, 15) is 4.39 Å². The average molecular weight is 359 g/mol. The minimum Gasteiger partial charge on any atom is -0.493 e. The Hall–Kier alpha value is -2.94. The first-order valence-corrected chi connectivity index (χ1v) is 8.20. The van der Waals surface area contributed by atoms with Crippen molar-refractivity contribution < 1.29 is 18.6 Å². The van der Waals surface area contributed by atoms with Gasteiger partial charge >= 0.3 is 6.08 Å². The van der Waals surface area contributed by atoms with Crippen LogP contribution >= 0.6 is 0 Å². The number of anilines is 2. The van der Waals surface area contributed by atoms with Gasteiger partial charge in [0.15, 0.2) is 28.5 Å². The van der Waals surface area contributed by atoms with Crippen LogP contribution in [0, 0.1) is 6.08 Å². The van der Waals surface area contributed by atoms with Gasteiger partial charge in [0.1, 0.15) is 6.23 Å². The number of imidazole rings is 1. The van der Waals surface area contributed by atoms with Gasteiger partial charge < -0.3 is 19.5 Å². The average Bonchev–Trinajstić information content (AvgIpc) is 3.30. The Morgan fingerprint density at radius 2 is 2.08 bits per heavy atom. The summed E-state index contributed by atoms with van der Waals surface area (Å²) in [4.78, 5) is 12.1. The second-order valence-corrected chi connectivity index (χ2v) is 5.83. The zero-order chi connectivity index (χ0) is 18.1. The molecule has 1 saturated heterocycles. The summed E-state index contributed by atoms with van der Waals surface area (Å²) in [5.74, 6) is 1.42. The standard InChI is InChI=1S/C17H18FN5O3/c1-24-11-6-5-10(8-12(11)25-2)20-15-14-16(22-17(18)21-15)23(9-19-14)13-4-3-7-26-13/h5-6,8-9,13H,3-4,7H2,1-2H3,(H,20,21,22). The molecule has 2 aromatic heterocycles. The second kappa shape index (κ2) is 6.75. The number of nitrogens with zero attached hydrogens (tertiary/aromatic N) is 4. The Morgan fingerprint density at radius 3 is 2.81 bits per heavy atom. The molecular formula is C17H18FN5O3. The van der Waals surface area contributed by atoms with Crippen LogP contribution in [0.25, 0.3) is 11.2 Å². The van der Waals surface area contributed by atoms with Crippen molar-refractivity contribution in [3.8, 4) is 11.5 Å². The summed E-state index contributed by atoms with van der Waals surface area (Å²) in [7, 11) is 3.11. The summed E-state index contributed by atoms with van der Waals surface area (Å²) in [5, 5.41) is 3.07. The predicted molar refractivity (Wildman–Crippen MR) is 92.3 cm³/mol. The third-order valence-electron chi connectivity index (χ3n) is 4.26. The van der Waals surface area contributed by atoms with Gasteiger partial charge in [0.25, 0.3) is 0 Å². The fourth-order valence-corrected chi connectivity index (χ4v) is 3.02. The number of ether oxygens (including phenoxy) is 3. The normalized spacial score (nSPS) is 16.8. The van der Waals surface area contributed by atoms with Crippen LogP contribution in [0.4, 0.5) is 15.9 Å². The molecule has 8 nitrogen and oxygen atoms in total. The molecule has 4 rings (SSSR count). The van der Waals surface area contributed by atoms with E-state index < -0.39 is 6.08 Å². The van der Waals surface area contributed by atoms with E-state index in [1.54, 1.807) is 43.3 Å². The van der Waals surface area contributed by atoms with Crippen molar-refractivity contribution in [2.75, 3.05) is 26.1 Å². The molecule has 1 N–H and O–H groups in total. The van der Waals surface area contributed by atoms with Gasteiger partial charge in [-0.05, 0) is 25.0 Å². The van der Waals surface area contributed by atoms with Crippen LogP contribution in [-0.4, -0.2) is 40.3 Å². The highest BCUT2D eigenvalue weighted by atomic mass is 19.1. The highest BCUT2D eigenvalue weighted by molar-refractivity contribution is 5.85. The predicted octanol–water partition coefficient (Wildman–Crippen LogP) is 3.04. The summed E-state index contributed by atoms with van der Waals surface area (Å²) in [6.45, 7) is 0.675. The van der Waals surface area contributed by atoms with E-state index in [0.29, 0.717) is 35.0 Å². The second-order valence-electron chi connectivity index (χ2n) is 5.83. The number of methoxy groups -OCH3 is 2. The van der Waals surface area contributed by atoms with Gasteiger partial charge in [-0.2, -0.15) is 14.4 Å². The lowest BCUT2D eigenvalue weighted by molar-refractivity contribution is 0.0592. The molecule has 1 aromatic carbocycles. The summed E-state index contributed by atoms with van der Waals surface area (Å²) >= 11 is 0. The molecule has 9 heteroatoms. The largest absolute Gasteiger partial charge is 0.493 e. The molecule has 1 unspecified atom stereocenters. The lowest BCUT2D eigenvalue weighted by atomic mass is 10.2. The summed E-state index contributed by atoms with van der Waals surface area (Å²) < 4.78 is 31.9. The highest BCUT2D eigenvalue weighted by Crippen LogP contribution is 2.33. The van der Waals surface area contributed by atoms with E-state index in [0.717, 1.165) is 12.8 Å². The smallest absolute Gasteiger partial charge is 0.312 e. The fourth-order valence-electron chi connectivity index (χ4n) is 3.02. The van der Waals surface area contributed by atoms with E-state index in [1.807, 2.05) is 0 Å². The van der Waals surface area contributed by atoms with Gasteiger partial charge in [-0.25, -0.2) is 4.98 Å². The number of nitrogens with one attached hydrogen (secondary N) is 1. The molecule has 0 aliphatic carbocycles. The molecule has 3 aromatic rings. The van der Waals surface area contributed by atoms with Gasteiger partial charge in [-0.1, -0.05) is 0 Å². The Balaban J connectivity index is 1.72. The third-order valence-corrected chi connectivity index (χ3v) is 4.26. The lowest BCUT2D eigenvalue weighted by Crippen LogP contribution is -2.08. The molecule has 0 amide bonds. The molecule has 136 valence electrons. The SMILES string of the molecule is COc1ccc(Nc2nc(F)nc3c2ncn3C2CCCO2)cc1OC. The van der Waals surface area contributed by atoms with Crippen molar-refractivity contribution in [3.63, 3.8) is 0 Å². The van der Waals surface area contributed by atoms with Crippen molar-refractivity contribution >= 4 is 22.7 Å². The number of benzene rings is 1. The molecule has 1 aliphatic heterocycles. The van der Waals surface area contributed by atoms with Crippen molar-refractivity contribution in [2.24, 2.45) is 0 Å². The van der Waals surface area contributed by atoms with Gasteiger partial charge in [-0.3, -0.25) is 4.57 Å². The first-order valence-electron chi connectivity index (χ1n) is 8.20. The maximum Gasteiger partial charge on any atom is 0.312 e. The van der Waals surface area contributed by atoms with Gasteiger partial charge in [0.05, 0.1) is 20.5 Å². The zero-order valence-electron chi connectivity index (χ0n) is 14.4. The number of hydrogen-bond acceptors (Lipinski definition) is 7. The van der Waals surface area contributed by atoms with E-state index in [1.165, 1.54) is 0 Å². The molecule has 0 saturated carbocycles. The van der Waals surface area contributed by atoms with Gasteiger partial charge in [0.2, 0.25) is 0 Å². The molecular weight excluding hydrogens is 341 g/mol. The Labute approximate surface area is 148 Å². The van der Waals surface area contributed by atoms with E-state index in [2.05, 4.69) is 20.3 Å². The van der Waals surface area contributed by atoms with Crippen LogP contribution < -0.4 is 14.8 Å². The van der Waals surface area contributed by atoms with Crippen LogP contribution in [0.5, 0.6) is 11.5 Å². The van der Waals surface area contributed by atoms with Crippen molar-refractivity contribution in [3.05, 3.63) is 30.6 Å². The third kappa shape index (κ3) is 2.90. The molecule has 1 aliphatic rings. The Morgan fingerprint density at radius 1 is 1.23 bits per heavy atom. The van der Waals surface area contributed by atoms with Crippen LogP contribution in [0.15, 0.2) is 24.5 Å². The van der Waals surface area contributed by atoms with Gasteiger partial charge in [-0.15, -0.1) is 0 Å². The number of halogens is 1. The summed E-state index contributed by atoms with van der Waals surface area (Å²) in [6.07, 6.45) is 2.39. The monoisotopic (exact) mass is 359 g/mol. The Kier molecular flexibility index (Phi) is 4.29. The van der Waals surface area contributed by atoms with Crippen LogP contribution in [0.1, 0.15) is 19.1 Å². The number of hydrogen-bond donors (Lipinski definition) is 1. The topological polar surface area (TPSA) is 83.3 Å². The number of rotatable bonds is 5. The van der Waals surface area contributed by atoms with Gasteiger partial charge in [0, 0.05) is 18.4 Å². The summed E-state index contributed by atoms with van der Waals surface area (Å²) in [5.41, 5.74) is 1.53. The van der Waals surface area contributed by atoms with Crippen LogP contribution in [-0.2, 0) is 4.74 Å². The summed E-state index contributed by atoms with van der Waals surface area (Å²) in [6, 6.07) is 5.27. The molecule has 0 radical (unpaired) electrons. The zero-order valence-corrected chi connectivity index (χ0v) is 14.4. The van der Waals surface area contributed by atoms with Crippen molar-refractivity contribution in [2.45, 2.75) is 19.1 Å². The van der Waals surface area contributed by atoms with Crippen molar-refractivity contribution in [1.82, 2.24) is 19.5 Å². The molecule has 0 spiro atoms. The molecule has 0 bridgehead atoms. The van der Waals surface area contributed by atoms with Crippen LogP contribution in [0.3, 0.4) is 0 Å². The maximum atomic E-state index is 14.0. The maximum absolute atomic E-state index is 14.0. The highest BCUT2D eigenvalue weighted by Gasteiger charge is 2.22. The lowest BCUT2D eigenvalue weighted by Gasteiger charge is -2.13. The fraction of sp³-hybridized carbons (Fsp3) is 0.353. The number of fused-ring (bicyclic) bond motifs is 1. The minimum atomic E-state index is -0.833. The number of aromatic nitrogens is 4. The molecule has 3 heterocycles. The van der Waals surface area contributed by atoms with Crippen LogP contribution in [0.2, 0.25) is 0 Å².